The van der Waals surface area contributed by atoms with E-state index in [4.69, 9.17) is 0 Å². The monoisotopic (exact) mass is 556 g/mol. The fraction of sp³-hybridized carbons (Fsp3) is 0. The van der Waals surface area contributed by atoms with Crippen molar-refractivity contribution in [2.45, 2.75) is 0 Å². The summed E-state index contributed by atoms with van der Waals surface area (Å²) in [5.74, 6) is 0. The molecular weight excluding hydrogens is 528 g/mol. The number of hydrogen-bond donors (Lipinski definition) is 0. The fourth-order valence-corrected chi connectivity index (χ4v) is 6.63. The molecule has 0 amide bonds. The molecule has 0 aromatic heterocycles. The van der Waals surface area contributed by atoms with Gasteiger partial charge in [0.15, 0.2) is 0 Å². The van der Waals surface area contributed by atoms with E-state index in [1.165, 1.54) is 86.2 Å². The van der Waals surface area contributed by atoms with Crippen molar-refractivity contribution in [1.29, 1.82) is 0 Å². The predicted molar refractivity (Wildman–Crippen MR) is 193 cm³/mol. The molecule has 0 saturated heterocycles. The van der Waals surface area contributed by atoms with Crippen molar-refractivity contribution < 1.29 is 0 Å². The first-order chi connectivity index (χ1) is 21.7. The van der Waals surface area contributed by atoms with Crippen LogP contribution < -0.4 is 0 Å². The van der Waals surface area contributed by atoms with Crippen molar-refractivity contribution in [3.8, 4) is 0 Å². The predicted octanol–water partition coefficient (Wildman–Crippen LogP) is 12.6. The third kappa shape index (κ3) is 4.32. The lowest BCUT2D eigenvalue weighted by molar-refractivity contribution is 1.78. The average Bonchev–Trinajstić information content (AvgIpc) is 3.11. The van der Waals surface area contributed by atoms with E-state index in [1.54, 1.807) is 0 Å². The van der Waals surface area contributed by atoms with Gasteiger partial charge in [0.25, 0.3) is 0 Å². The molecule has 0 aliphatic carbocycles. The SMILES string of the molecule is c1cc2ccc1c1ccc(cc1)c1ccc3ccc(cc3c1)c1ccc(cc1)c1ccc(cc1)c1ccc3ccc2cc3c1. The van der Waals surface area contributed by atoms with Gasteiger partial charge < -0.3 is 0 Å². The molecule has 18 aromatic carbocycles. The molecule has 14 bridgehead atoms. The van der Waals surface area contributed by atoms with E-state index in [9.17, 15) is 0 Å². The topological polar surface area (TPSA) is 0 Å². The van der Waals surface area contributed by atoms with Gasteiger partial charge in [-0.05, 0) is 110 Å². The van der Waals surface area contributed by atoms with Gasteiger partial charge >= 0.3 is 0 Å². The average molecular weight is 557 g/mol. The lowest BCUT2D eigenvalue weighted by Crippen LogP contribution is -1.77. The van der Waals surface area contributed by atoms with Gasteiger partial charge in [0, 0.05) is 0 Å². The zero-order valence-electron chi connectivity index (χ0n) is 24.2. The Bertz CT molecular complexity index is 2260. The van der Waals surface area contributed by atoms with Crippen molar-refractivity contribution in [3.05, 3.63) is 170 Å². The third-order valence-corrected chi connectivity index (χ3v) is 9.22. The quantitative estimate of drug-likeness (QED) is 0.174. The minimum absolute atomic E-state index is 1.22. The third-order valence-electron chi connectivity index (χ3n) is 9.22. The summed E-state index contributed by atoms with van der Waals surface area (Å²) in [5.41, 5.74) is 0. The molecule has 0 fully saturated rings. The highest BCUT2D eigenvalue weighted by atomic mass is 14.1. The lowest BCUT2D eigenvalue weighted by Gasteiger charge is -2.03. The Labute approximate surface area is 255 Å². The van der Waals surface area contributed by atoms with Gasteiger partial charge in [-0.3, -0.25) is 0 Å². The molecule has 0 N–H and O–H groups in total. The molecule has 0 unspecified atom stereocenters. The molecule has 0 saturated carbocycles. The van der Waals surface area contributed by atoms with Crippen LogP contribution in [0.1, 0.15) is 0 Å². The van der Waals surface area contributed by atoms with Crippen LogP contribution in [0.15, 0.2) is 170 Å². The Morgan fingerprint density at radius 3 is 0.409 bits per heavy atom. The fourth-order valence-electron chi connectivity index (χ4n) is 6.63. The van der Waals surface area contributed by atoms with Crippen molar-refractivity contribution in [1.82, 2.24) is 0 Å². The van der Waals surface area contributed by atoms with E-state index in [2.05, 4.69) is 170 Å². The largest absolute Gasteiger partial charge is 0.0538 e. The highest BCUT2D eigenvalue weighted by Gasteiger charge is 2.01. The maximum Gasteiger partial charge on any atom is -0.0172 e. The Hall–Kier alpha value is -5.72. The van der Waals surface area contributed by atoms with E-state index in [1.807, 2.05) is 0 Å². The molecule has 0 aliphatic heterocycles. The molecule has 0 heterocycles. The van der Waals surface area contributed by atoms with Gasteiger partial charge in [0.05, 0.1) is 0 Å². The number of hydrogen-bond acceptors (Lipinski definition) is 0. The van der Waals surface area contributed by atoms with Crippen molar-refractivity contribution in [2.75, 3.05) is 0 Å². The molecule has 0 nitrogen and oxygen atoms in total. The van der Waals surface area contributed by atoms with Crippen LogP contribution in [0.25, 0.3) is 86.2 Å². The van der Waals surface area contributed by atoms with Crippen LogP contribution in [0.3, 0.4) is 0 Å². The number of benzene rings is 8. The number of rotatable bonds is 0. The van der Waals surface area contributed by atoms with Crippen LogP contribution in [0.2, 0.25) is 0 Å². The first kappa shape index (κ1) is 24.8. The first-order valence-electron chi connectivity index (χ1n) is 15.2. The van der Waals surface area contributed by atoms with Gasteiger partial charge in [-0.25, -0.2) is 0 Å². The van der Waals surface area contributed by atoms with Crippen LogP contribution in [-0.2, 0) is 0 Å². The highest BCUT2D eigenvalue weighted by molar-refractivity contribution is 6.02. The normalized spacial score (nSPS) is 11.6. The summed E-state index contributed by atoms with van der Waals surface area (Å²) >= 11 is 0. The second-order valence-electron chi connectivity index (χ2n) is 11.9. The second kappa shape index (κ2) is 9.93. The van der Waals surface area contributed by atoms with Crippen LogP contribution >= 0.6 is 0 Å². The van der Waals surface area contributed by atoms with Crippen LogP contribution in [-0.4, -0.2) is 0 Å². The summed E-state index contributed by atoms with van der Waals surface area (Å²) in [7, 11) is 0. The Balaban J connectivity index is 1.33. The highest BCUT2D eigenvalue weighted by Crippen LogP contribution is 2.27. The molecule has 0 heteroatoms. The molecule has 0 spiro atoms. The minimum atomic E-state index is 1.22. The van der Waals surface area contributed by atoms with E-state index >= 15 is 0 Å². The summed E-state index contributed by atoms with van der Waals surface area (Å²) in [6.07, 6.45) is 0. The van der Waals surface area contributed by atoms with Gasteiger partial charge in [0.2, 0.25) is 0 Å². The van der Waals surface area contributed by atoms with Gasteiger partial charge in [-0.1, -0.05) is 146 Å². The second-order valence-corrected chi connectivity index (χ2v) is 11.9. The van der Waals surface area contributed by atoms with E-state index in [-0.39, 0.29) is 0 Å². The van der Waals surface area contributed by atoms with E-state index in [0.29, 0.717) is 0 Å². The smallest absolute Gasteiger partial charge is 0.0172 e. The van der Waals surface area contributed by atoms with Crippen LogP contribution in [0, 0.1) is 0 Å². The molecule has 18 rings (SSSR count). The Morgan fingerprint density at radius 1 is 0.114 bits per heavy atom. The molecule has 204 valence electrons. The van der Waals surface area contributed by atoms with Gasteiger partial charge in [-0.15, -0.1) is 0 Å². The molecule has 18 aromatic rings. The molecular formula is C44H28. The molecule has 44 heavy (non-hydrogen) atoms. The van der Waals surface area contributed by atoms with Crippen molar-refractivity contribution >= 4 is 86.2 Å². The lowest BCUT2D eigenvalue weighted by atomic mass is 10.0. The van der Waals surface area contributed by atoms with Crippen LogP contribution in [0.4, 0.5) is 0 Å². The zero-order chi connectivity index (χ0) is 29.0. The van der Waals surface area contributed by atoms with E-state index < -0.39 is 0 Å². The summed E-state index contributed by atoms with van der Waals surface area (Å²) in [6.45, 7) is 0. The van der Waals surface area contributed by atoms with Gasteiger partial charge in [-0.2, -0.15) is 0 Å². The molecule has 0 atom stereocenters. The van der Waals surface area contributed by atoms with Crippen molar-refractivity contribution in [2.24, 2.45) is 0 Å². The standard InChI is InChI=1S/C44H28/c1-9-33-10-2-29(1)30-3-11-34(12-4-30)40-22-19-38-20-24-42(28-44(38)27-40)36-15-7-32(8-16-36)31-5-13-35(14-6-31)41-23-18-37-17-21-39(33)25-43(37)26-41/h1-28H. The zero-order valence-corrected chi connectivity index (χ0v) is 24.2. The van der Waals surface area contributed by atoms with Crippen LogP contribution in [0.5, 0.6) is 0 Å². The van der Waals surface area contributed by atoms with Gasteiger partial charge in [0.1, 0.15) is 0 Å². The maximum absolute atomic E-state index is 2.31. The van der Waals surface area contributed by atoms with Crippen molar-refractivity contribution in [3.63, 3.8) is 0 Å². The molecule has 0 radical (unpaired) electrons. The molecule has 0 aliphatic rings. The van der Waals surface area contributed by atoms with E-state index in [0.717, 1.165) is 0 Å². The Kier molecular flexibility index (Phi) is 5.61. The minimum Gasteiger partial charge on any atom is -0.0538 e. The first-order valence-corrected chi connectivity index (χ1v) is 15.2. The maximum atomic E-state index is 2.31. The Morgan fingerprint density at radius 2 is 0.227 bits per heavy atom. The summed E-state index contributed by atoms with van der Waals surface area (Å²) < 4.78 is 0. The summed E-state index contributed by atoms with van der Waals surface area (Å²) in [6, 6.07) is 62.9. The summed E-state index contributed by atoms with van der Waals surface area (Å²) in [4.78, 5) is 0. The summed E-state index contributed by atoms with van der Waals surface area (Å²) in [5, 5.41) is 19.7.